The van der Waals surface area contributed by atoms with E-state index in [2.05, 4.69) is 10.6 Å². The molecular weight excluding hydrogens is 306 g/mol. The van der Waals surface area contributed by atoms with Crippen molar-refractivity contribution < 1.29 is 4.79 Å². The summed E-state index contributed by atoms with van der Waals surface area (Å²) in [6.07, 6.45) is 2.94. The van der Waals surface area contributed by atoms with Crippen molar-refractivity contribution >= 4 is 40.4 Å². The number of anilines is 1. The zero-order valence-corrected chi connectivity index (χ0v) is 13.4. The van der Waals surface area contributed by atoms with Crippen LogP contribution in [-0.4, -0.2) is 17.1 Å². The molecule has 2 unspecified atom stereocenters. The van der Waals surface area contributed by atoms with Crippen LogP contribution in [0.2, 0.25) is 5.02 Å². The Hall–Kier alpha value is -1.33. The minimum atomic E-state index is -0.288. The number of rotatable bonds is 4. The topological polar surface area (TPSA) is 67.1 Å². The maximum absolute atomic E-state index is 11.8. The summed E-state index contributed by atoms with van der Waals surface area (Å²) in [6, 6.07) is 3.74. The van der Waals surface area contributed by atoms with E-state index in [-0.39, 0.29) is 18.0 Å². The van der Waals surface area contributed by atoms with E-state index >= 15 is 0 Å². The molecule has 0 bridgehead atoms. The molecule has 0 radical (unpaired) electrons. The van der Waals surface area contributed by atoms with Gasteiger partial charge in [-0.25, -0.2) is 0 Å². The van der Waals surface area contributed by atoms with Gasteiger partial charge in [-0.3, -0.25) is 4.79 Å². The Morgan fingerprint density at radius 2 is 2.19 bits per heavy atom. The van der Waals surface area contributed by atoms with Gasteiger partial charge in [-0.1, -0.05) is 36.7 Å². The van der Waals surface area contributed by atoms with Crippen LogP contribution < -0.4 is 16.4 Å². The maximum Gasteiger partial charge on any atom is 0.224 e. The zero-order valence-electron chi connectivity index (χ0n) is 11.8. The van der Waals surface area contributed by atoms with Crippen LogP contribution in [-0.2, 0) is 4.79 Å². The lowest BCUT2D eigenvalue weighted by Gasteiger charge is -2.34. The molecule has 1 saturated carbocycles. The third kappa shape index (κ3) is 2.85. The minimum Gasteiger partial charge on any atom is -0.369 e. The van der Waals surface area contributed by atoms with Crippen molar-refractivity contribution in [2.75, 3.05) is 5.32 Å². The summed E-state index contributed by atoms with van der Waals surface area (Å²) in [5.74, 6) is 0.0661. The molecule has 1 amide bonds. The van der Waals surface area contributed by atoms with Crippen molar-refractivity contribution in [3.05, 3.63) is 28.3 Å². The molecular formula is C15H18ClN3OS. The van der Waals surface area contributed by atoms with Gasteiger partial charge >= 0.3 is 0 Å². The molecule has 1 aliphatic heterocycles. The number of benzene rings is 1. The van der Waals surface area contributed by atoms with E-state index in [1.807, 2.05) is 19.1 Å². The molecule has 1 aromatic rings. The zero-order chi connectivity index (χ0) is 15.1. The summed E-state index contributed by atoms with van der Waals surface area (Å²) < 4.78 is 0. The van der Waals surface area contributed by atoms with Gasteiger partial charge in [0.25, 0.3) is 0 Å². The number of amides is 1. The average molecular weight is 324 g/mol. The third-order valence-electron chi connectivity index (χ3n) is 4.28. The number of nitrogens with two attached hydrogens (primary N) is 1. The van der Waals surface area contributed by atoms with Crippen molar-refractivity contribution in [2.24, 2.45) is 17.6 Å². The molecule has 1 aliphatic carbocycles. The van der Waals surface area contributed by atoms with Crippen LogP contribution in [0, 0.1) is 18.8 Å². The average Bonchev–Trinajstić information content (AvgIpc) is 3.23. The Morgan fingerprint density at radius 1 is 1.48 bits per heavy atom. The first-order valence-corrected chi connectivity index (χ1v) is 7.92. The van der Waals surface area contributed by atoms with E-state index in [9.17, 15) is 4.79 Å². The fourth-order valence-electron chi connectivity index (χ4n) is 2.85. The molecule has 2 aliphatic rings. The molecule has 21 heavy (non-hydrogen) atoms. The number of carbonyl (C=O) groups is 1. The fraction of sp³-hybridized carbons (Fsp3) is 0.467. The molecule has 4 nitrogen and oxygen atoms in total. The smallest absolute Gasteiger partial charge is 0.224 e. The Morgan fingerprint density at radius 3 is 2.81 bits per heavy atom. The first-order valence-electron chi connectivity index (χ1n) is 7.13. The molecule has 0 aromatic heterocycles. The molecule has 1 fully saturated rings. The number of nitrogens with one attached hydrogen (secondary N) is 2. The standard InChI is InChI=1S/C15H18ClN3OS/c1-7-10(16)4-5-11-12(7)15(21)19-14(18-11)9(13(17)20)6-8-2-3-8/h4-5,8-9,14,18H,2-3,6H2,1H3,(H2,17,20)(H,19,21). The summed E-state index contributed by atoms with van der Waals surface area (Å²) in [5, 5.41) is 7.25. The number of hydrogen-bond acceptors (Lipinski definition) is 3. The first kappa shape index (κ1) is 14.6. The van der Waals surface area contributed by atoms with E-state index in [4.69, 9.17) is 29.6 Å². The summed E-state index contributed by atoms with van der Waals surface area (Å²) in [4.78, 5) is 12.4. The van der Waals surface area contributed by atoms with Gasteiger partial charge in [-0.15, -0.1) is 0 Å². The number of carbonyl (C=O) groups excluding carboxylic acids is 1. The second kappa shape index (κ2) is 5.46. The van der Waals surface area contributed by atoms with Crippen LogP contribution >= 0.6 is 23.8 Å². The van der Waals surface area contributed by atoms with Gasteiger partial charge in [0.15, 0.2) is 0 Å². The second-order valence-electron chi connectivity index (χ2n) is 5.88. The van der Waals surface area contributed by atoms with Crippen LogP contribution in [0.4, 0.5) is 5.69 Å². The van der Waals surface area contributed by atoms with Crippen molar-refractivity contribution in [3.63, 3.8) is 0 Å². The number of fused-ring (bicyclic) bond motifs is 1. The lowest BCUT2D eigenvalue weighted by Crippen LogP contribution is -2.53. The molecule has 112 valence electrons. The third-order valence-corrected chi connectivity index (χ3v) is 5.01. The molecule has 4 N–H and O–H groups in total. The summed E-state index contributed by atoms with van der Waals surface area (Å²) in [7, 11) is 0. The van der Waals surface area contributed by atoms with Crippen molar-refractivity contribution in [1.82, 2.24) is 5.32 Å². The lowest BCUT2D eigenvalue weighted by molar-refractivity contribution is -0.122. The highest BCUT2D eigenvalue weighted by atomic mass is 35.5. The SMILES string of the molecule is Cc1c(Cl)ccc2c1C(=S)NC(C(CC1CC1)C(N)=O)N2. The summed E-state index contributed by atoms with van der Waals surface area (Å²) >= 11 is 11.6. The summed E-state index contributed by atoms with van der Waals surface area (Å²) in [5.41, 5.74) is 8.34. The fourth-order valence-corrected chi connectivity index (χ4v) is 3.39. The van der Waals surface area contributed by atoms with Crippen molar-refractivity contribution in [3.8, 4) is 0 Å². The van der Waals surface area contributed by atoms with Gasteiger partial charge in [0.2, 0.25) is 5.91 Å². The van der Waals surface area contributed by atoms with Gasteiger partial charge in [0.05, 0.1) is 5.92 Å². The monoisotopic (exact) mass is 323 g/mol. The molecule has 1 heterocycles. The Bertz CT molecular complexity index is 615. The number of thiocarbonyl (C=S) groups is 1. The lowest BCUT2D eigenvalue weighted by atomic mass is 9.94. The van der Waals surface area contributed by atoms with Crippen LogP contribution in [0.5, 0.6) is 0 Å². The van der Waals surface area contributed by atoms with Gasteiger partial charge in [-0.2, -0.15) is 0 Å². The molecule has 1 aromatic carbocycles. The highest BCUT2D eigenvalue weighted by Gasteiger charge is 2.36. The van der Waals surface area contributed by atoms with Gasteiger partial charge in [-0.05, 0) is 37.0 Å². The van der Waals surface area contributed by atoms with Crippen molar-refractivity contribution in [1.29, 1.82) is 0 Å². The predicted octanol–water partition coefficient (Wildman–Crippen LogP) is 2.57. The van der Waals surface area contributed by atoms with Gasteiger partial charge < -0.3 is 16.4 Å². The Kier molecular flexibility index (Phi) is 3.80. The molecule has 2 atom stereocenters. The highest BCUT2D eigenvalue weighted by molar-refractivity contribution is 7.80. The largest absolute Gasteiger partial charge is 0.369 e. The second-order valence-corrected chi connectivity index (χ2v) is 6.69. The Balaban J connectivity index is 1.88. The highest BCUT2D eigenvalue weighted by Crippen LogP contribution is 2.37. The van der Waals surface area contributed by atoms with E-state index in [1.165, 1.54) is 12.8 Å². The van der Waals surface area contributed by atoms with Crippen LogP contribution in [0.25, 0.3) is 0 Å². The van der Waals surface area contributed by atoms with Crippen LogP contribution in [0.3, 0.4) is 0 Å². The number of hydrogen-bond donors (Lipinski definition) is 3. The molecule has 0 spiro atoms. The van der Waals surface area contributed by atoms with E-state index in [0.29, 0.717) is 15.9 Å². The quantitative estimate of drug-likeness (QED) is 0.745. The van der Waals surface area contributed by atoms with Crippen LogP contribution in [0.1, 0.15) is 30.4 Å². The van der Waals surface area contributed by atoms with E-state index in [0.717, 1.165) is 23.2 Å². The van der Waals surface area contributed by atoms with Crippen LogP contribution in [0.15, 0.2) is 12.1 Å². The first-order chi connectivity index (χ1) is 9.97. The molecule has 0 saturated heterocycles. The number of primary amides is 1. The van der Waals surface area contributed by atoms with E-state index in [1.54, 1.807) is 0 Å². The predicted molar refractivity (Wildman–Crippen MR) is 88.5 cm³/mol. The molecule has 3 rings (SSSR count). The van der Waals surface area contributed by atoms with Gasteiger partial charge in [0, 0.05) is 16.3 Å². The number of halogens is 1. The maximum atomic E-state index is 11.8. The Labute approximate surface area is 134 Å². The summed E-state index contributed by atoms with van der Waals surface area (Å²) in [6.45, 7) is 1.94. The van der Waals surface area contributed by atoms with Crippen molar-refractivity contribution in [2.45, 2.75) is 32.4 Å². The molecule has 6 heteroatoms. The van der Waals surface area contributed by atoms with Gasteiger partial charge in [0.1, 0.15) is 11.2 Å². The normalized spacial score (nSPS) is 22.0. The minimum absolute atomic E-state index is 0.247. The van der Waals surface area contributed by atoms with E-state index < -0.39 is 0 Å².